The minimum absolute atomic E-state index is 0.0627. The van der Waals surface area contributed by atoms with Gasteiger partial charge in [0.05, 0.1) is 16.2 Å². The number of thiocarbonyl (C=S) groups is 1. The summed E-state index contributed by atoms with van der Waals surface area (Å²) < 4.78 is 39.5. The topological polar surface area (TPSA) is 49.4 Å². The molecule has 0 saturated carbocycles. The number of anilines is 1. The SMILES string of the molecule is O=C(CCCN1C(=O)/C(=C\c2ccccc2Cl)SC1=S)Nc1ccccc1C(F)(F)F. The van der Waals surface area contributed by atoms with Gasteiger partial charge in [-0.05, 0) is 36.3 Å². The van der Waals surface area contributed by atoms with Crippen molar-refractivity contribution in [2.75, 3.05) is 11.9 Å². The molecule has 1 aliphatic heterocycles. The molecule has 0 aliphatic carbocycles. The molecule has 0 bridgehead atoms. The van der Waals surface area contributed by atoms with Crippen LogP contribution >= 0.6 is 35.6 Å². The van der Waals surface area contributed by atoms with E-state index in [2.05, 4.69) is 5.32 Å². The van der Waals surface area contributed by atoms with Crippen molar-refractivity contribution in [2.45, 2.75) is 19.0 Å². The Bertz CT molecular complexity index is 1060. The fraction of sp³-hybridized carbons (Fsp3) is 0.190. The second-order valence-corrected chi connectivity index (χ2v) is 8.63. The molecule has 3 rings (SSSR count). The number of amides is 2. The van der Waals surface area contributed by atoms with Gasteiger partial charge in [0.2, 0.25) is 5.91 Å². The molecule has 162 valence electrons. The molecule has 2 amide bonds. The number of nitrogens with zero attached hydrogens (tertiary/aromatic N) is 1. The van der Waals surface area contributed by atoms with E-state index in [1.54, 1.807) is 30.3 Å². The molecule has 2 aromatic carbocycles. The van der Waals surface area contributed by atoms with Crippen molar-refractivity contribution in [1.82, 2.24) is 4.90 Å². The zero-order valence-corrected chi connectivity index (χ0v) is 18.3. The van der Waals surface area contributed by atoms with Crippen LogP contribution in [0, 0.1) is 0 Å². The van der Waals surface area contributed by atoms with Crippen LogP contribution in [0.4, 0.5) is 18.9 Å². The minimum atomic E-state index is -4.57. The molecule has 1 heterocycles. The van der Waals surface area contributed by atoms with Gasteiger partial charge >= 0.3 is 6.18 Å². The number of carbonyl (C=O) groups is 2. The van der Waals surface area contributed by atoms with Gasteiger partial charge in [-0.2, -0.15) is 13.2 Å². The van der Waals surface area contributed by atoms with Crippen molar-refractivity contribution in [3.05, 3.63) is 69.6 Å². The maximum atomic E-state index is 13.0. The molecule has 10 heteroatoms. The van der Waals surface area contributed by atoms with E-state index < -0.39 is 17.6 Å². The molecule has 1 fully saturated rings. The van der Waals surface area contributed by atoms with Crippen LogP contribution < -0.4 is 5.32 Å². The Balaban J connectivity index is 1.58. The Morgan fingerprint density at radius 2 is 1.84 bits per heavy atom. The number of benzene rings is 2. The highest BCUT2D eigenvalue weighted by Crippen LogP contribution is 2.35. The predicted molar refractivity (Wildman–Crippen MR) is 121 cm³/mol. The van der Waals surface area contributed by atoms with Crippen molar-refractivity contribution in [2.24, 2.45) is 0 Å². The van der Waals surface area contributed by atoms with Gasteiger partial charge in [-0.1, -0.05) is 65.9 Å². The van der Waals surface area contributed by atoms with Crippen molar-refractivity contribution in [1.29, 1.82) is 0 Å². The largest absolute Gasteiger partial charge is 0.418 e. The molecule has 1 N–H and O–H groups in total. The Hall–Kier alpha value is -2.36. The number of para-hydroxylation sites is 1. The number of thioether (sulfide) groups is 1. The van der Waals surface area contributed by atoms with Crippen molar-refractivity contribution >= 4 is 63.5 Å². The molecule has 31 heavy (non-hydrogen) atoms. The molecule has 1 saturated heterocycles. The van der Waals surface area contributed by atoms with Gasteiger partial charge in [0.1, 0.15) is 4.32 Å². The van der Waals surface area contributed by atoms with E-state index in [0.29, 0.717) is 19.8 Å². The zero-order valence-electron chi connectivity index (χ0n) is 15.9. The van der Waals surface area contributed by atoms with Crippen LogP contribution in [0.5, 0.6) is 0 Å². The highest BCUT2D eigenvalue weighted by atomic mass is 35.5. The first-order chi connectivity index (χ1) is 14.7. The molecule has 0 radical (unpaired) electrons. The highest BCUT2D eigenvalue weighted by molar-refractivity contribution is 8.26. The van der Waals surface area contributed by atoms with Gasteiger partial charge in [-0.3, -0.25) is 14.5 Å². The lowest BCUT2D eigenvalue weighted by Crippen LogP contribution is -2.29. The molecular formula is C21H16ClF3N2O2S2. The first-order valence-electron chi connectivity index (χ1n) is 9.13. The molecule has 0 aromatic heterocycles. The molecular weight excluding hydrogens is 469 g/mol. The van der Waals surface area contributed by atoms with E-state index in [0.717, 1.165) is 17.8 Å². The smallest absolute Gasteiger partial charge is 0.326 e. The fourth-order valence-corrected chi connectivity index (χ4v) is 4.37. The maximum absolute atomic E-state index is 13.0. The monoisotopic (exact) mass is 484 g/mol. The van der Waals surface area contributed by atoms with E-state index >= 15 is 0 Å². The number of hydrogen-bond donors (Lipinski definition) is 1. The van der Waals surface area contributed by atoms with Crippen molar-refractivity contribution < 1.29 is 22.8 Å². The average Bonchev–Trinajstić information content (AvgIpc) is 2.96. The van der Waals surface area contributed by atoms with Crippen LogP contribution in [-0.4, -0.2) is 27.6 Å². The van der Waals surface area contributed by atoms with Gasteiger partial charge in [0.15, 0.2) is 0 Å². The van der Waals surface area contributed by atoms with Gasteiger partial charge < -0.3 is 5.32 Å². The van der Waals surface area contributed by atoms with Gasteiger partial charge in [0.25, 0.3) is 5.91 Å². The summed E-state index contributed by atoms with van der Waals surface area (Å²) in [5.41, 5.74) is -0.523. The average molecular weight is 485 g/mol. The summed E-state index contributed by atoms with van der Waals surface area (Å²) in [6.45, 7) is 0.179. The normalized spacial score (nSPS) is 15.6. The molecule has 4 nitrogen and oxygen atoms in total. The van der Waals surface area contributed by atoms with Crippen LogP contribution in [0.15, 0.2) is 53.4 Å². The summed E-state index contributed by atoms with van der Waals surface area (Å²) >= 11 is 12.5. The van der Waals surface area contributed by atoms with Crippen LogP contribution in [0.2, 0.25) is 5.02 Å². The third-order valence-corrected chi connectivity index (χ3v) is 6.08. The lowest BCUT2D eigenvalue weighted by molar-refractivity contribution is -0.137. The maximum Gasteiger partial charge on any atom is 0.418 e. The summed E-state index contributed by atoms with van der Waals surface area (Å²) in [5, 5.41) is 2.79. The Kier molecular flexibility index (Phi) is 7.40. The highest BCUT2D eigenvalue weighted by Gasteiger charge is 2.34. The predicted octanol–water partition coefficient (Wildman–Crippen LogP) is 5.98. The number of rotatable bonds is 6. The van der Waals surface area contributed by atoms with Gasteiger partial charge in [0, 0.05) is 18.0 Å². The summed E-state index contributed by atoms with van der Waals surface area (Å²) in [7, 11) is 0. The number of halogens is 4. The van der Waals surface area contributed by atoms with Crippen molar-refractivity contribution in [3.8, 4) is 0 Å². The summed E-state index contributed by atoms with van der Waals surface area (Å²) in [4.78, 5) is 26.6. The first kappa shape index (κ1) is 23.3. The zero-order chi connectivity index (χ0) is 22.6. The van der Waals surface area contributed by atoms with Gasteiger partial charge in [-0.25, -0.2) is 0 Å². The third-order valence-electron chi connectivity index (χ3n) is 4.36. The lowest BCUT2D eigenvalue weighted by Gasteiger charge is -2.15. The van der Waals surface area contributed by atoms with E-state index in [1.807, 2.05) is 0 Å². The number of carbonyl (C=O) groups excluding carboxylic acids is 2. The van der Waals surface area contributed by atoms with Crippen LogP contribution in [-0.2, 0) is 15.8 Å². The second kappa shape index (κ2) is 9.84. The fourth-order valence-electron chi connectivity index (χ4n) is 2.88. The lowest BCUT2D eigenvalue weighted by atomic mass is 10.1. The third kappa shape index (κ3) is 5.87. The first-order valence-corrected chi connectivity index (χ1v) is 10.7. The van der Waals surface area contributed by atoms with Crippen LogP contribution in [0.3, 0.4) is 0 Å². The quantitative estimate of drug-likeness (QED) is 0.405. The summed E-state index contributed by atoms with van der Waals surface area (Å²) in [6.07, 6.45) is -2.74. The molecule has 2 aromatic rings. The molecule has 0 atom stereocenters. The molecule has 0 unspecified atom stereocenters. The summed E-state index contributed by atoms with van der Waals surface area (Å²) in [6, 6.07) is 11.8. The number of alkyl halides is 3. The Morgan fingerprint density at radius 3 is 2.55 bits per heavy atom. The van der Waals surface area contributed by atoms with E-state index in [4.69, 9.17) is 23.8 Å². The standard InChI is InChI=1S/C21H16ClF3N2O2S2/c22-15-8-3-1-6-13(15)12-17-19(29)27(20(30)31-17)11-5-10-18(28)26-16-9-4-2-7-14(16)21(23,24)25/h1-4,6-9,12H,5,10-11H2,(H,26,28)/b17-12+. The van der Waals surface area contributed by atoms with E-state index in [9.17, 15) is 22.8 Å². The number of nitrogens with one attached hydrogen (secondary N) is 1. The van der Waals surface area contributed by atoms with Gasteiger partial charge in [-0.15, -0.1) is 0 Å². The van der Waals surface area contributed by atoms with Crippen LogP contribution in [0.1, 0.15) is 24.0 Å². The second-order valence-electron chi connectivity index (χ2n) is 6.55. The van der Waals surface area contributed by atoms with E-state index in [1.165, 1.54) is 23.1 Å². The summed E-state index contributed by atoms with van der Waals surface area (Å²) in [5.74, 6) is -0.869. The minimum Gasteiger partial charge on any atom is -0.326 e. The molecule has 1 aliphatic rings. The van der Waals surface area contributed by atoms with E-state index in [-0.39, 0.29) is 31.0 Å². The Labute approximate surface area is 191 Å². The number of hydrogen-bond acceptors (Lipinski definition) is 4. The molecule has 0 spiro atoms. The van der Waals surface area contributed by atoms with Crippen molar-refractivity contribution in [3.63, 3.8) is 0 Å². The Morgan fingerprint density at radius 1 is 1.16 bits per heavy atom. The van der Waals surface area contributed by atoms with Crippen LogP contribution in [0.25, 0.3) is 6.08 Å².